The molecule has 19 heavy (non-hydrogen) atoms. The molecule has 1 atom stereocenters. The highest BCUT2D eigenvalue weighted by molar-refractivity contribution is 5.83. The maximum atomic E-state index is 9.01. The van der Waals surface area contributed by atoms with E-state index < -0.39 is 0 Å². The van der Waals surface area contributed by atoms with Gasteiger partial charge >= 0.3 is 0 Å². The quantitative estimate of drug-likeness (QED) is 0.483. The van der Waals surface area contributed by atoms with Crippen LogP contribution in [-0.4, -0.2) is 31.2 Å². The van der Waals surface area contributed by atoms with E-state index in [2.05, 4.69) is 25.0 Å². The van der Waals surface area contributed by atoms with Crippen molar-refractivity contribution in [3.63, 3.8) is 0 Å². The lowest BCUT2D eigenvalue weighted by Crippen LogP contribution is -1.97. The average molecular weight is 258 g/mol. The summed E-state index contributed by atoms with van der Waals surface area (Å²) in [7, 11) is 0. The normalized spacial score (nSPS) is 19.6. The first-order chi connectivity index (χ1) is 9.22. The molecule has 0 unspecified atom stereocenters. The number of hydrogen-bond donors (Lipinski definition) is 2. The van der Waals surface area contributed by atoms with E-state index in [4.69, 9.17) is 16.4 Å². The van der Waals surface area contributed by atoms with E-state index in [9.17, 15) is 0 Å². The zero-order chi connectivity index (χ0) is 13.4. The summed E-state index contributed by atoms with van der Waals surface area (Å²) in [4.78, 5) is 14.7. The Balaban J connectivity index is 2.13. The van der Waals surface area contributed by atoms with Gasteiger partial charge in [0.05, 0.1) is 0 Å². The van der Waals surface area contributed by atoms with E-state index >= 15 is 0 Å². The first-order valence-corrected chi connectivity index (χ1v) is 5.59. The zero-order valence-electron chi connectivity index (χ0n) is 9.80. The van der Waals surface area contributed by atoms with Gasteiger partial charge in [0, 0.05) is 23.6 Å². The van der Waals surface area contributed by atoms with Gasteiger partial charge in [-0.2, -0.15) is 4.98 Å². The van der Waals surface area contributed by atoms with Gasteiger partial charge < -0.3 is 10.8 Å². The molecule has 1 saturated carbocycles. The first kappa shape index (κ1) is 11.5. The Bertz CT molecular complexity index is 726. The van der Waals surface area contributed by atoms with Crippen LogP contribution in [0.2, 0.25) is 0 Å². The summed E-state index contributed by atoms with van der Waals surface area (Å²) in [5.41, 5.74) is 16.0. The van der Waals surface area contributed by atoms with Crippen molar-refractivity contribution < 1.29 is 5.11 Å². The van der Waals surface area contributed by atoms with Gasteiger partial charge in [-0.1, -0.05) is 0 Å². The minimum atomic E-state index is 0.0181. The van der Waals surface area contributed by atoms with Crippen LogP contribution in [0.25, 0.3) is 27.8 Å². The molecule has 3 N–H and O–H groups in total. The Morgan fingerprint density at radius 1 is 1.63 bits per heavy atom. The second-order valence-electron chi connectivity index (χ2n) is 4.21. The summed E-state index contributed by atoms with van der Waals surface area (Å²) in [5, 5.41) is 12.5. The van der Waals surface area contributed by atoms with Crippen LogP contribution in [-0.2, 0) is 0 Å². The maximum absolute atomic E-state index is 9.01. The fraction of sp³-hybridized carbons (Fsp3) is 0.300. The lowest BCUT2D eigenvalue weighted by molar-refractivity contribution is 0.281. The molecule has 2 heterocycles. The molecule has 1 aliphatic carbocycles. The molecule has 1 fully saturated rings. The monoisotopic (exact) mass is 258 g/mol. The number of nitrogen functional groups attached to an aromatic ring is 1. The third kappa shape index (κ3) is 1.96. The molecule has 2 aromatic heterocycles. The number of hydrogen-bond acceptors (Lipinski definition) is 6. The Labute approximate surface area is 107 Å². The van der Waals surface area contributed by atoms with Crippen molar-refractivity contribution in [1.82, 2.24) is 19.5 Å². The van der Waals surface area contributed by atoms with Crippen LogP contribution in [0, 0.1) is 5.92 Å². The number of fused-ring (bicyclic) bond motifs is 1. The molecule has 2 aromatic rings. The van der Waals surface area contributed by atoms with Crippen LogP contribution < -0.4 is 5.73 Å². The summed E-state index contributed by atoms with van der Waals surface area (Å²) in [6.45, 7) is 0.138. The van der Waals surface area contributed by atoms with Crippen LogP contribution in [0.3, 0.4) is 0 Å². The van der Waals surface area contributed by atoms with Crippen LogP contribution in [0.5, 0.6) is 0 Å². The first-order valence-electron chi connectivity index (χ1n) is 5.59. The van der Waals surface area contributed by atoms with E-state index in [0.29, 0.717) is 11.2 Å². The molecule has 0 radical (unpaired) electrons. The Morgan fingerprint density at radius 2 is 2.47 bits per heavy atom. The van der Waals surface area contributed by atoms with Gasteiger partial charge in [0.1, 0.15) is 11.8 Å². The molecule has 0 saturated heterocycles. The molecule has 96 valence electrons. The maximum Gasteiger partial charge on any atom is 0.222 e. The molecule has 9 nitrogen and oxygen atoms in total. The second-order valence-corrected chi connectivity index (χ2v) is 4.21. The van der Waals surface area contributed by atoms with Crippen molar-refractivity contribution in [1.29, 1.82) is 0 Å². The molecule has 0 aromatic carbocycles. The zero-order valence-corrected chi connectivity index (χ0v) is 9.80. The second kappa shape index (κ2) is 4.23. The Kier molecular flexibility index (Phi) is 2.55. The number of nitrogens with zero attached hydrogens (tertiary/aromatic N) is 7. The largest absolute Gasteiger partial charge is 0.396 e. The van der Waals surface area contributed by atoms with Gasteiger partial charge in [0.25, 0.3) is 0 Å². The van der Waals surface area contributed by atoms with Gasteiger partial charge in [-0.25, -0.2) is 9.97 Å². The number of aliphatic hydroxyl groups excluding tert-OH is 1. The number of azide groups is 1. The number of aliphatic hydroxyl groups is 1. The molecule has 0 aliphatic heterocycles. The number of anilines is 1. The fourth-order valence-corrected chi connectivity index (χ4v) is 1.87. The summed E-state index contributed by atoms with van der Waals surface area (Å²) in [5.74, 6) is 0.342. The summed E-state index contributed by atoms with van der Waals surface area (Å²) in [6, 6.07) is 0. The number of nitrogens with two attached hydrogens (primary N) is 1. The third-order valence-electron chi connectivity index (χ3n) is 2.93. The predicted molar refractivity (Wildman–Crippen MR) is 68.0 cm³/mol. The highest BCUT2D eigenvalue weighted by atomic mass is 16.3. The number of rotatable bonds is 3. The highest BCUT2D eigenvalue weighted by Crippen LogP contribution is 2.38. The number of imidazole rings is 1. The lowest BCUT2D eigenvalue weighted by atomic mass is 10.4. The molecule has 9 heteroatoms. The lowest BCUT2D eigenvalue weighted by Gasteiger charge is -1.98. The Morgan fingerprint density at radius 3 is 3.16 bits per heavy atom. The number of aromatic nitrogens is 4. The van der Waals surface area contributed by atoms with Gasteiger partial charge in [-0.05, 0) is 22.6 Å². The smallest absolute Gasteiger partial charge is 0.222 e. The van der Waals surface area contributed by atoms with E-state index in [1.807, 2.05) is 6.20 Å². The molecule has 0 bridgehead atoms. The SMILES string of the molecule is [N-]=[N+]=Nc1nc(N)nc2c1ncn2/C=C1/C[C@@H]1CO. The van der Waals surface area contributed by atoms with E-state index in [1.165, 1.54) is 0 Å². The van der Waals surface area contributed by atoms with Crippen molar-refractivity contribution >= 4 is 29.1 Å². The topological polar surface area (TPSA) is 139 Å². The molecule has 3 rings (SSSR count). The average Bonchev–Trinajstić information content (AvgIpc) is 3.03. The standard InChI is InChI=1S/C10H10N8O/c11-10-14-8(16-17-12)7-9(15-10)18(4-13-7)2-5-1-6(5)3-19/h2,4,6,19H,1,3H2,(H2,11,14,15)/b5-2-/t6-/m1/s1. The molecule has 0 spiro atoms. The van der Waals surface area contributed by atoms with Gasteiger partial charge in [0.2, 0.25) is 5.95 Å². The van der Waals surface area contributed by atoms with E-state index in [0.717, 1.165) is 12.0 Å². The fourth-order valence-electron chi connectivity index (χ4n) is 1.87. The van der Waals surface area contributed by atoms with Gasteiger partial charge in [-0.3, -0.25) is 4.57 Å². The highest BCUT2D eigenvalue weighted by Gasteiger charge is 2.28. The minimum Gasteiger partial charge on any atom is -0.396 e. The summed E-state index contributed by atoms with van der Waals surface area (Å²) in [6.07, 6.45) is 4.26. The minimum absolute atomic E-state index is 0.0181. The molecular weight excluding hydrogens is 248 g/mol. The van der Waals surface area contributed by atoms with Crippen LogP contribution in [0.1, 0.15) is 6.42 Å². The van der Waals surface area contributed by atoms with Gasteiger partial charge in [-0.15, -0.1) is 0 Å². The molecular formula is C10H10N8O. The summed E-state index contributed by atoms with van der Waals surface area (Å²) >= 11 is 0. The van der Waals surface area contributed by atoms with Crippen molar-refractivity contribution in [3.05, 3.63) is 22.3 Å². The third-order valence-corrected chi connectivity index (χ3v) is 2.93. The van der Waals surface area contributed by atoms with Gasteiger partial charge in [0.15, 0.2) is 11.5 Å². The van der Waals surface area contributed by atoms with Crippen molar-refractivity contribution in [2.45, 2.75) is 6.42 Å². The summed E-state index contributed by atoms with van der Waals surface area (Å²) < 4.78 is 1.69. The van der Waals surface area contributed by atoms with E-state index in [-0.39, 0.29) is 24.3 Å². The molecule has 1 aliphatic rings. The van der Waals surface area contributed by atoms with Crippen molar-refractivity contribution in [2.75, 3.05) is 12.3 Å². The predicted octanol–water partition coefficient (Wildman–Crippen LogP) is 1.20. The van der Waals surface area contributed by atoms with Crippen molar-refractivity contribution in [2.24, 2.45) is 11.0 Å². The van der Waals surface area contributed by atoms with E-state index in [1.54, 1.807) is 10.9 Å². The van der Waals surface area contributed by atoms with Crippen LogP contribution in [0.4, 0.5) is 11.8 Å². The van der Waals surface area contributed by atoms with Crippen LogP contribution >= 0.6 is 0 Å². The van der Waals surface area contributed by atoms with Crippen molar-refractivity contribution in [3.8, 4) is 0 Å². The van der Waals surface area contributed by atoms with Crippen LogP contribution in [0.15, 0.2) is 17.0 Å². The molecule has 0 amide bonds. The Hall–Kier alpha value is -2.64.